The highest BCUT2D eigenvalue weighted by molar-refractivity contribution is 5.83. The predicted octanol–water partition coefficient (Wildman–Crippen LogP) is 7.39. The fourth-order valence-electron chi connectivity index (χ4n) is 6.85. The van der Waals surface area contributed by atoms with E-state index in [0.29, 0.717) is 5.92 Å². The Morgan fingerprint density at radius 1 is 1.11 bits per heavy atom. The van der Waals surface area contributed by atoms with Crippen LogP contribution in [-0.2, 0) is 11.8 Å². The van der Waals surface area contributed by atoms with E-state index in [-0.39, 0.29) is 11.2 Å². The van der Waals surface area contributed by atoms with Gasteiger partial charge in [0.2, 0.25) is 0 Å². The maximum Gasteiger partial charge on any atom is 0.123 e. The van der Waals surface area contributed by atoms with Crippen LogP contribution in [-0.4, -0.2) is 20.5 Å². The van der Waals surface area contributed by atoms with Gasteiger partial charge < -0.3 is 5.11 Å². The van der Waals surface area contributed by atoms with Crippen LogP contribution in [0.3, 0.4) is 0 Å². The Morgan fingerprint density at radius 3 is 2.64 bits per heavy atom. The third-order valence-electron chi connectivity index (χ3n) is 8.79. The van der Waals surface area contributed by atoms with Gasteiger partial charge in [0.05, 0.1) is 23.0 Å². The van der Waals surface area contributed by atoms with Gasteiger partial charge >= 0.3 is 0 Å². The number of fused-ring (bicyclic) bond motifs is 4. The molecule has 0 saturated heterocycles. The van der Waals surface area contributed by atoms with Crippen LogP contribution in [0.25, 0.3) is 22.7 Å². The normalized spacial score (nSPS) is 27.0. The van der Waals surface area contributed by atoms with Crippen molar-refractivity contribution in [3.63, 3.8) is 0 Å². The van der Waals surface area contributed by atoms with Crippen LogP contribution in [0, 0.1) is 11.7 Å². The van der Waals surface area contributed by atoms with E-state index in [1.807, 2.05) is 23.9 Å². The van der Waals surface area contributed by atoms with E-state index in [0.717, 1.165) is 66.3 Å². The van der Waals surface area contributed by atoms with Gasteiger partial charge in [0.1, 0.15) is 5.82 Å². The second-order valence-corrected chi connectivity index (χ2v) is 10.9. The Hall–Kier alpha value is -3.24. The third kappa shape index (κ3) is 3.79. The van der Waals surface area contributed by atoms with Crippen molar-refractivity contribution in [1.82, 2.24) is 9.78 Å². The van der Waals surface area contributed by atoms with E-state index in [1.165, 1.54) is 23.3 Å². The van der Waals surface area contributed by atoms with Crippen molar-refractivity contribution in [3.8, 4) is 5.69 Å². The van der Waals surface area contributed by atoms with Gasteiger partial charge in [0.15, 0.2) is 0 Å². The number of hydrogen-bond donors (Lipinski definition) is 1. The first-order chi connectivity index (χ1) is 17.4. The number of nitrogens with zero attached hydrogens (tertiary/aromatic N) is 2. The lowest BCUT2D eigenvalue weighted by Gasteiger charge is -2.50. The summed E-state index contributed by atoms with van der Waals surface area (Å²) in [6.07, 6.45) is 10.1. The summed E-state index contributed by atoms with van der Waals surface area (Å²) in [6, 6.07) is 21.6. The monoisotopic (exact) mass is 480 g/mol. The summed E-state index contributed by atoms with van der Waals surface area (Å²) in [5.74, 6) is 0.184. The van der Waals surface area contributed by atoms with Gasteiger partial charge in [-0.25, -0.2) is 9.07 Å². The van der Waals surface area contributed by atoms with Crippen LogP contribution in [0.1, 0.15) is 62.6 Å². The Balaban J connectivity index is 1.49. The molecule has 2 aliphatic rings. The van der Waals surface area contributed by atoms with Gasteiger partial charge in [-0.2, -0.15) is 5.10 Å². The van der Waals surface area contributed by atoms with Gasteiger partial charge in [-0.1, -0.05) is 43.3 Å². The Bertz CT molecular complexity index is 1430. The molecule has 1 aromatic heterocycles. The van der Waals surface area contributed by atoms with Crippen molar-refractivity contribution >= 4 is 17.0 Å². The maximum atomic E-state index is 13.5. The minimum absolute atomic E-state index is 0.0130. The molecule has 3 aromatic carbocycles. The zero-order valence-electron chi connectivity index (χ0n) is 21.0. The first-order valence-corrected chi connectivity index (χ1v) is 13.2. The third-order valence-corrected chi connectivity index (χ3v) is 8.79. The largest absolute Gasteiger partial charge is 0.386 e. The quantitative estimate of drug-likeness (QED) is 0.332. The molecule has 6 rings (SSSR count). The highest BCUT2D eigenvalue weighted by atomic mass is 19.1. The van der Waals surface area contributed by atoms with Crippen molar-refractivity contribution in [2.45, 2.75) is 63.4 Å². The molecule has 4 heteroatoms. The van der Waals surface area contributed by atoms with Crippen molar-refractivity contribution in [2.24, 2.45) is 5.92 Å². The Kier molecular flexibility index (Phi) is 5.60. The molecule has 2 aliphatic carbocycles. The summed E-state index contributed by atoms with van der Waals surface area (Å²) in [5.41, 5.74) is 6.19. The van der Waals surface area contributed by atoms with Gasteiger partial charge in [-0.15, -0.1) is 0 Å². The number of aliphatic hydroxyl groups is 1. The number of aromatic nitrogens is 2. The van der Waals surface area contributed by atoms with Crippen LogP contribution in [0.5, 0.6) is 0 Å². The fraction of sp³-hybridized carbons (Fsp3) is 0.344. The van der Waals surface area contributed by atoms with E-state index < -0.39 is 5.60 Å². The number of benzene rings is 3. The lowest BCUT2D eigenvalue weighted by Crippen LogP contribution is -2.47. The first-order valence-electron chi connectivity index (χ1n) is 13.2. The molecule has 1 N–H and O–H groups in total. The molecule has 0 spiro atoms. The highest BCUT2D eigenvalue weighted by Gasteiger charge is 2.50. The fourth-order valence-corrected chi connectivity index (χ4v) is 6.85. The molecule has 184 valence electrons. The van der Waals surface area contributed by atoms with Crippen molar-refractivity contribution < 1.29 is 9.50 Å². The molecule has 1 saturated carbocycles. The van der Waals surface area contributed by atoms with E-state index in [4.69, 9.17) is 0 Å². The molecule has 0 amide bonds. The van der Waals surface area contributed by atoms with Crippen molar-refractivity contribution in [3.05, 3.63) is 101 Å². The van der Waals surface area contributed by atoms with Gasteiger partial charge in [-0.3, -0.25) is 0 Å². The van der Waals surface area contributed by atoms with E-state index in [9.17, 15) is 9.50 Å². The van der Waals surface area contributed by atoms with Crippen LogP contribution < -0.4 is 0 Å². The van der Waals surface area contributed by atoms with Crippen LogP contribution in [0.4, 0.5) is 4.39 Å². The number of hydrogen-bond acceptors (Lipinski definition) is 2. The second-order valence-electron chi connectivity index (χ2n) is 10.9. The first kappa shape index (κ1) is 23.2. The number of aryl methyl sites for hydroxylation is 1. The standard InChI is InChI=1S/C32H33FN2O/c1-3-32-20-26(16-22-8-5-4-6-9-22)31(2,36)19-25(32)11-7-10-23-18-30-24(17-29(23)32)21-34-35(30)28-14-12-27(33)13-15-28/h4-6,8-9,12-18,21,25,36H,3,7,10-11,19-20H2,1-2H3. The van der Waals surface area contributed by atoms with Gasteiger partial charge in [-0.05, 0) is 110 Å². The molecule has 36 heavy (non-hydrogen) atoms. The minimum atomic E-state index is -0.804. The van der Waals surface area contributed by atoms with Crippen LogP contribution in [0.15, 0.2) is 78.5 Å². The van der Waals surface area contributed by atoms with E-state index in [1.54, 1.807) is 12.1 Å². The minimum Gasteiger partial charge on any atom is -0.386 e. The topological polar surface area (TPSA) is 38.1 Å². The summed E-state index contributed by atoms with van der Waals surface area (Å²) in [6.45, 7) is 4.32. The summed E-state index contributed by atoms with van der Waals surface area (Å²) < 4.78 is 15.4. The smallest absolute Gasteiger partial charge is 0.123 e. The Labute approximate surface area is 212 Å². The molecular weight excluding hydrogens is 447 g/mol. The molecule has 1 heterocycles. The molecule has 0 bridgehead atoms. The van der Waals surface area contributed by atoms with Gasteiger partial charge in [0.25, 0.3) is 0 Å². The molecule has 3 nitrogen and oxygen atoms in total. The highest BCUT2D eigenvalue weighted by Crippen LogP contribution is 2.56. The van der Waals surface area contributed by atoms with E-state index in [2.05, 4.69) is 54.5 Å². The lowest BCUT2D eigenvalue weighted by molar-refractivity contribution is 0.0136. The zero-order chi connectivity index (χ0) is 24.9. The lowest BCUT2D eigenvalue weighted by atomic mass is 9.55. The summed E-state index contributed by atoms with van der Waals surface area (Å²) in [5, 5.41) is 17.4. The van der Waals surface area contributed by atoms with Gasteiger partial charge in [0, 0.05) is 10.8 Å². The predicted molar refractivity (Wildman–Crippen MR) is 144 cm³/mol. The van der Waals surface area contributed by atoms with Crippen molar-refractivity contribution in [2.75, 3.05) is 0 Å². The summed E-state index contributed by atoms with van der Waals surface area (Å²) in [7, 11) is 0. The number of rotatable bonds is 3. The summed E-state index contributed by atoms with van der Waals surface area (Å²) >= 11 is 0. The molecule has 3 unspecified atom stereocenters. The number of halogens is 1. The van der Waals surface area contributed by atoms with E-state index >= 15 is 0 Å². The van der Waals surface area contributed by atoms with Crippen LogP contribution in [0.2, 0.25) is 0 Å². The molecular formula is C32H33FN2O. The SMILES string of the molecule is CCC12CC(=Cc3ccccc3)C(C)(O)CC1CCCc1cc3c(cnn3-c3ccc(F)cc3)cc12. The zero-order valence-corrected chi connectivity index (χ0v) is 21.0. The molecule has 0 radical (unpaired) electrons. The molecule has 0 aliphatic heterocycles. The molecule has 1 fully saturated rings. The second kappa shape index (κ2) is 8.70. The molecule has 3 atom stereocenters. The van der Waals surface area contributed by atoms with Crippen LogP contribution >= 0.6 is 0 Å². The average molecular weight is 481 g/mol. The summed E-state index contributed by atoms with van der Waals surface area (Å²) in [4.78, 5) is 0. The molecule has 4 aromatic rings. The maximum absolute atomic E-state index is 13.5. The Morgan fingerprint density at radius 2 is 1.89 bits per heavy atom. The van der Waals surface area contributed by atoms with Crippen molar-refractivity contribution in [1.29, 1.82) is 0 Å². The average Bonchev–Trinajstić information content (AvgIpc) is 3.22.